The summed E-state index contributed by atoms with van der Waals surface area (Å²) in [5.74, 6) is 0.499. The lowest BCUT2D eigenvalue weighted by atomic mass is 9.80. The molecule has 1 saturated heterocycles. The lowest BCUT2D eigenvalue weighted by molar-refractivity contribution is -0.143. The number of benzene rings is 1. The predicted molar refractivity (Wildman–Crippen MR) is 128 cm³/mol. The fourth-order valence-electron chi connectivity index (χ4n) is 5.04. The van der Waals surface area contributed by atoms with E-state index in [1.165, 1.54) is 6.20 Å². The first-order chi connectivity index (χ1) is 16.6. The van der Waals surface area contributed by atoms with Crippen molar-refractivity contribution in [3.63, 3.8) is 0 Å². The zero-order valence-electron chi connectivity index (χ0n) is 19.4. The molecule has 3 aromatic rings. The second-order valence-electron chi connectivity index (χ2n) is 9.82. The minimum Gasteiger partial charge on any atom is -0.333 e. The lowest BCUT2D eigenvalue weighted by Crippen LogP contribution is -2.45. The Bertz CT molecular complexity index is 1310. The van der Waals surface area contributed by atoms with Gasteiger partial charge >= 0.3 is 11.0 Å². The van der Waals surface area contributed by atoms with Crippen molar-refractivity contribution in [3.8, 4) is 0 Å². The molecule has 1 unspecified atom stereocenters. The van der Waals surface area contributed by atoms with Crippen molar-refractivity contribution in [2.75, 3.05) is 13.1 Å². The summed E-state index contributed by atoms with van der Waals surface area (Å²) in [6, 6.07) is 6.70. The van der Waals surface area contributed by atoms with Gasteiger partial charge in [0, 0.05) is 39.1 Å². The van der Waals surface area contributed by atoms with Crippen LogP contribution in [-0.2, 0) is 31.1 Å². The van der Waals surface area contributed by atoms with Crippen molar-refractivity contribution in [1.29, 1.82) is 0 Å². The van der Waals surface area contributed by atoms with Crippen molar-refractivity contribution in [1.82, 2.24) is 19.8 Å². The average molecular weight is 505 g/mol. The molecule has 3 heterocycles. The maximum atomic E-state index is 14.0. The minimum absolute atomic E-state index is 0.0305. The van der Waals surface area contributed by atoms with E-state index < -0.39 is 17.2 Å². The Kier molecular flexibility index (Phi) is 6.21. The Labute approximate surface area is 204 Å². The third-order valence-electron chi connectivity index (χ3n) is 7.09. The summed E-state index contributed by atoms with van der Waals surface area (Å²) in [4.78, 5) is 31.5. The standard InChI is InChI=1S/C25H27F3N4O2S/c1-31-20-9-17(4-5-21(20)35-23(31)34)13-32(14-18-8-19(12-30-11-18)25(26,27)28)22(33)24(6-7-29-15-24)10-16-2-3-16/h4-5,8-9,11-12,16,29H,2-3,6-7,10,13-15H2,1H3. The number of alkyl halides is 3. The number of carbonyl (C=O) groups excluding carboxylic acids is 1. The summed E-state index contributed by atoms with van der Waals surface area (Å²) in [7, 11) is 1.71. The van der Waals surface area contributed by atoms with Crippen LogP contribution in [0.1, 0.15) is 42.4 Å². The maximum Gasteiger partial charge on any atom is 0.417 e. The Morgan fingerprint density at radius 2 is 2.00 bits per heavy atom. The number of nitrogens with zero attached hydrogens (tertiary/aromatic N) is 3. The summed E-state index contributed by atoms with van der Waals surface area (Å²) < 4.78 is 42.3. The van der Waals surface area contributed by atoms with Gasteiger partial charge in [-0.15, -0.1) is 0 Å². The fraction of sp³-hybridized carbons (Fsp3) is 0.480. The molecule has 0 radical (unpaired) electrons. The summed E-state index contributed by atoms with van der Waals surface area (Å²) in [5.41, 5.74) is 0.569. The zero-order valence-corrected chi connectivity index (χ0v) is 20.2. The molecule has 2 aromatic heterocycles. The van der Waals surface area contributed by atoms with Gasteiger partial charge in [-0.25, -0.2) is 0 Å². The Balaban J connectivity index is 1.49. The number of fused-ring (bicyclic) bond motifs is 1. The molecule has 1 aromatic carbocycles. The third-order valence-corrected chi connectivity index (χ3v) is 8.10. The highest BCUT2D eigenvalue weighted by Gasteiger charge is 2.47. The first-order valence-corrected chi connectivity index (χ1v) is 12.6. The van der Waals surface area contributed by atoms with Crippen LogP contribution >= 0.6 is 11.3 Å². The Hall–Kier alpha value is -2.72. The second-order valence-corrected chi connectivity index (χ2v) is 10.8. The molecule has 6 nitrogen and oxygen atoms in total. The molecule has 5 rings (SSSR count). The van der Waals surface area contributed by atoms with Crippen LogP contribution in [0, 0.1) is 11.3 Å². The van der Waals surface area contributed by atoms with E-state index in [1.807, 2.05) is 18.2 Å². The van der Waals surface area contributed by atoms with E-state index >= 15 is 0 Å². The molecule has 35 heavy (non-hydrogen) atoms. The first kappa shape index (κ1) is 24.0. The van der Waals surface area contributed by atoms with Crippen LogP contribution in [0.15, 0.2) is 41.5 Å². The molecular weight excluding hydrogens is 477 g/mol. The summed E-state index contributed by atoms with van der Waals surface area (Å²) in [6.45, 7) is 1.60. The lowest BCUT2D eigenvalue weighted by Gasteiger charge is -2.34. The highest BCUT2D eigenvalue weighted by atomic mass is 32.1. The van der Waals surface area contributed by atoms with Crippen molar-refractivity contribution in [2.45, 2.75) is 44.9 Å². The average Bonchev–Trinajstić information content (AvgIpc) is 3.42. The molecule has 1 saturated carbocycles. The fourth-order valence-corrected chi connectivity index (χ4v) is 5.90. The normalized spacial score (nSPS) is 20.5. The number of pyridine rings is 1. The van der Waals surface area contributed by atoms with Crippen LogP contribution in [-0.4, -0.2) is 33.4 Å². The first-order valence-electron chi connectivity index (χ1n) is 11.7. The van der Waals surface area contributed by atoms with Gasteiger partial charge in [0.25, 0.3) is 0 Å². The van der Waals surface area contributed by atoms with Gasteiger partial charge in [-0.05, 0) is 54.6 Å². The molecule has 186 valence electrons. The van der Waals surface area contributed by atoms with E-state index in [9.17, 15) is 22.8 Å². The van der Waals surface area contributed by atoms with E-state index in [2.05, 4.69) is 10.3 Å². The number of halogens is 3. The second kappa shape index (κ2) is 9.05. The van der Waals surface area contributed by atoms with Crippen LogP contribution in [0.2, 0.25) is 0 Å². The van der Waals surface area contributed by atoms with Gasteiger partial charge in [0.1, 0.15) is 0 Å². The van der Waals surface area contributed by atoms with E-state index in [0.29, 0.717) is 18.0 Å². The number of amides is 1. The van der Waals surface area contributed by atoms with Gasteiger partial charge in [0.2, 0.25) is 5.91 Å². The largest absolute Gasteiger partial charge is 0.417 e. The third kappa shape index (κ3) is 4.99. The highest BCUT2D eigenvalue weighted by molar-refractivity contribution is 7.16. The summed E-state index contributed by atoms with van der Waals surface area (Å²) in [6.07, 6.45) is 1.45. The number of thiazole rings is 1. The summed E-state index contributed by atoms with van der Waals surface area (Å²) in [5, 5.41) is 3.33. The molecule has 10 heteroatoms. The minimum atomic E-state index is -4.50. The topological polar surface area (TPSA) is 67.2 Å². The van der Waals surface area contributed by atoms with Crippen molar-refractivity contribution < 1.29 is 18.0 Å². The zero-order chi connectivity index (χ0) is 24.8. The smallest absolute Gasteiger partial charge is 0.333 e. The number of rotatable bonds is 7. The van der Waals surface area contributed by atoms with Crippen LogP contribution in [0.3, 0.4) is 0 Å². The highest BCUT2D eigenvalue weighted by Crippen LogP contribution is 2.44. The number of hydrogen-bond acceptors (Lipinski definition) is 5. The van der Waals surface area contributed by atoms with Crippen molar-refractivity contribution >= 4 is 27.5 Å². The van der Waals surface area contributed by atoms with E-state index in [1.54, 1.807) is 16.5 Å². The van der Waals surface area contributed by atoms with Gasteiger partial charge in [-0.2, -0.15) is 13.2 Å². The number of nitrogens with one attached hydrogen (secondary N) is 1. The molecule has 1 aliphatic carbocycles. The van der Waals surface area contributed by atoms with E-state index in [0.717, 1.165) is 71.6 Å². The number of aryl methyl sites for hydroxylation is 1. The quantitative estimate of drug-likeness (QED) is 0.521. The van der Waals surface area contributed by atoms with Crippen LogP contribution < -0.4 is 10.2 Å². The molecule has 2 fully saturated rings. The maximum absolute atomic E-state index is 14.0. The molecule has 1 aliphatic heterocycles. The van der Waals surface area contributed by atoms with Crippen LogP contribution in [0.25, 0.3) is 10.2 Å². The van der Waals surface area contributed by atoms with Crippen molar-refractivity contribution in [3.05, 3.63) is 63.0 Å². The van der Waals surface area contributed by atoms with Crippen LogP contribution in [0.5, 0.6) is 0 Å². The predicted octanol–water partition coefficient (Wildman–Crippen LogP) is 4.32. The molecule has 1 atom stereocenters. The van der Waals surface area contributed by atoms with Crippen molar-refractivity contribution in [2.24, 2.45) is 18.4 Å². The molecule has 2 aliphatic rings. The van der Waals surface area contributed by atoms with Gasteiger partial charge in [0.15, 0.2) is 0 Å². The number of aromatic nitrogens is 2. The monoisotopic (exact) mass is 504 g/mol. The van der Waals surface area contributed by atoms with Gasteiger partial charge in [0.05, 0.1) is 21.2 Å². The van der Waals surface area contributed by atoms with Gasteiger partial charge in [-0.3, -0.25) is 14.6 Å². The number of carbonyl (C=O) groups is 1. The van der Waals surface area contributed by atoms with Crippen LogP contribution in [0.4, 0.5) is 13.2 Å². The van der Waals surface area contributed by atoms with Gasteiger partial charge < -0.3 is 14.8 Å². The molecular formula is C25H27F3N4O2S. The van der Waals surface area contributed by atoms with Gasteiger partial charge in [-0.1, -0.05) is 30.2 Å². The molecule has 0 bridgehead atoms. The summed E-state index contributed by atoms with van der Waals surface area (Å²) >= 11 is 1.16. The molecule has 1 amide bonds. The number of hydrogen-bond donors (Lipinski definition) is 1. The van der Waals surface area contributed by atoms with E-state index in [4.69, 9.17) is 0 Å². The Morgan fingerprint density at radius 1 is 1.23 bits per heavy atom. The van der Waals surface area contributed by atoms with E-state index in [-0.39, 0.29) is 23.9 Å². The SMILES string of the molecule is Cn1c(=O)sc2ccc(CN(Cc3cncc(C(F)(F)F)c3)C(=O)C3(CC4CC4)CCNC3)cc21. The molecule has 1 N–H and O–H groups in total. The molecule has 0 spiro atoms. The Morgan fingerprint density at radius 3 is 2.69 bits per heavy atom.